The average molecular weight is 415 g/mol. The molecule has 8 heteroatoms. The fourth-order valence-electron chi connectivity index (χ4n) is 2.29. The number of nitrogens with two attached hydrogens (primary N) is 1. The minimum atomic E-state index is -0.534. The molecular weight excluding hydrogens is 380 g/mol. The molecule has 30 heavy (non-hydrogen) atoms. The third-order valence-electron chi connectivity index (χ3n) is 4.76. The summed E-state index contributed by atoms with van der Waals surface area (Å²) in [6, 6.07) is 8.14. The fraction of sp³-hybridized carbons (Fsp3) is 0.455. The smallest absolute Gasteiger partial charge is 0.268 e. The first-order valence-corrected chi connectivity index (χ1v) is 10.1. The Kier molecular flexibility index (Phi) is 11.1. The standard InChI is InChI=1S/C10H14N2O.C7H9N3O.C5H11N/c1-11-10-4-2-3-9(7-10)5-6-12-8-13;1-2-5-3-9-4-6(10-5)7(8)11;1-5(6-2)3-4-5/h2-4,7-8,11H,5-6H2,1H3,(H,12,13);3-4H,2H2,1H3,(H2,8,11);6H,3-4H2,1-2H3. The normalized spacial score (nSPS) is 12.9. The van der Waals surface area contributed by atoms with Crippen LogP contribution in [0, 0.1) is 0 Å². The van der Waals surface area contributed by atoms with Gasteiger partial charge in [0.25, 0.3) is 5.91 Å². The number of aryl methyl sites for hydroxylation is 1. The highest BCUT2D eigenvalue weighted by Crippen LogP contribution is 2.33. The summed E-state index contributed by atoms with van der Waals surface area (Å²) in [5.74, 6) is -0.534. The molecule has 1 fully saturated rings. The van der Waals surface area contributed by atoms with Crippen LogP contribution in [-0.2, 0) is 17.6 Å². The lowest BCUT2D eigenvalue weighted by molar-refractivity contribution is -0.109. The third kappa shape index (κ3) is 9.97. The molecule has 0 bridgehead atoms. The van der Waals surface area contributed by atoms with Crippen molar-refractivity contribution in [3.05, 3.63) is 53.6 Å². The Morgan fingerprint density at radius 1 is 1.27 bits per heavy atom. The molecule has 5 N–H and O–H groups in total. The van der Waals surface area contributed by atoms with E-state index in [0.29, 0.717) is 12.1 Å². The monoisotopic (exact) mass is 414 g/mol. The van der Waals surface area contributed by atoms with Gasteiger partial charge in [-0.1, -0.05) is 19.1 Å². The number of benzene rings is 1. The Morgan fingerprint density at radius 2 is 2.00 bits per heavy atom. The summed E-state index contributed by atoms with van der Waals surface area (Å²) >= 11 is 0. The molecule has 0 spiro atoms. The van der Waals surface area contributed by atoms with Crippen molar-refractivity contribution in [3.63, 3.8) is 0 Å². The molecule has 1 aliphatic rings. The van der Waals surface area contributed by atoms with Crippen LogP contribution in [0.15, 0.2) is 36.7 Å². The molecule has 0 unspecified atom stereocenters. The lowest BCUT2D eigenvalue weighted by Crippen LogP contribution is -2.21. The van der Waals surface area contributed by atoms with Crippen molar-refractivity contribution < 1.29 is 9.59 Å². The van der Waals surface area contributed by atoms with Gasteiger partial charge in [-0.2, -0.15) is 0 Å². The van der Waals surface area contributed by atoms with Crippen LogP contribution in [0.25, 0.3) is 0 Å². The van der Waals surface area contributed by atoms with Crippen molar-refractivity contribution in [2.24, 2.45) is 5.73 Å². The average Bonchev–Trinajstić information content (AvgIpc) is 3.53. The van der Waals surface area contributed by atoms with Crippen LogP contribution in [0.5, 0.6) is 0 Å². The Hall–Kier alpha value is -3.00. The number of primary amides is 1. The highest BCUT2D eigenvalue weighted by Gasteiger charge is 2.34. The third-order valence-corrected chi connectivity index (χ3v) is 4.76. The Balaban J connectivity index is 0.000000239. The molecular formula is C22H34N6O2. The van der Waals surface area contributed by atoms with Crippen LogP contribution < -0.4 is 21.7 Å². The summed E-state index contributed by atoms with van der Waals surface area (Å²) in [4.78, 5) is 28.4. The van der Waals surface area contributed by atoms with E-state index in [-0.39, 0.29) is 5.69 Å². The zero-order valence-corrected chi connectivity index (χ0v) is 18.4. The van der Waals surface area contributed by atoms with Gasteiger partial charge in [0.1, 0.15) is 5.69 Å². The number of aromatic nitrogens is 2. The van der Waals surface area contributed by atoms with Crippen molar-refractivity contribution in [1.29, 1.82) is 0 Å². The molecule has 2 amide bonds. The van der Waals surface area contributed by atoms with Crippen LogP contribution in [0.4, 0.5) is 5.69 Å². The van der Waals surface area contributed by atoms with E-state index >= 15 is 0 Å². The van der Waals surface area contributed by atoms with Gasteiger partial charge in [-0.15, -0.1) is 0 Å². The Morgan fingerprint density at radius 3 is 2.50 bits per heavy atom. The van der Waals surface area contributed by atoms with E-state index in [1.165, 1.54) is 24.6 Å². The zero-order valence-electron chi connectivity index (χ0n) is 18.4. The van der Waals surface area contributed by atoms with Gasteiger partial charge in [0.2, 0.25) is 6.41 Å². The lowest BCUT2D eigenvalue weighted by atomic mass is 10.1. The molecule has 1 aromatic heterocycles. The summed E-state index contributed by atoms with van der Waals surface area (Å²) in [6.45, 7) is 4.87. The molecule has 2 aromatic rings. The quantitative estimate of drug-likeness (QED) is 0.387. The summed E-state index contributed by atoms with van der Waals surface area (Å²) in [6.07, 6.45) is 8.06. The van der Waals surface area contributed by atoms with E-state index in [1.807, 2.05) is 39.2 Å². The van der Waals surface area contributed by atoms with Gasteiger partial charge in [0.05, 0.1) is 11.9 Å². The molecule has 0 atom stereocenters. The van der Waals surface area contributed by atoms with Crippen LogP contribution >= 0.6 is 0 Å². The highest BCUT2D eigenvalue weighted by molar-refractivity contribution is 5.90. The van der Waals surface area contributed by atoms with E-state index in [9.17, 15) is 9.59 Å². The number of rotatable bonds is 8. The number of hydrogen-bond donors (Lipinski definition) is 4. The van der Waals surface area contributed by atoms with Crippen molar-refractivity contribution in [2.45, 2.75) is 45.1 Å². The first kappa shape index (κ1) is 25.0. The van der Waals surface area contributed by atoms with Crippen molar-refractivity contribution in [2.75, 3.05) is 26.0 Å². The Labute approximate surface area is 179 Å². The van der Waals surface area contributed by atoms with E-state index in [0.717, 1.165) is 30.6 Å². The first-order valence-electron chi connectivity index (χ1n) is 10.1. The highest BCUT2D eigenvalue weighted by atomic mass is 16.1. The number of anilines is 1. The Bertz CT molecular complexity index is 793. The van der Waals surface area contributed by atoms with Gasteiger partial charge in [0.15, 0.2) is 0 Å². The van der Waals surface area contributed by atoms with Crippen molar-refractivity contribution in [1.82, 2.24) is 20.6 Å². The van der Waals surface area contributed by atoms with Crippen LogP contribution in [0.3, 0.4) is 0 Å². The molecule has 3 rings (SSSR count). The van der Waals surface area contributed by atoms with Gasteiger partial charge in [-0.3, -0.25) is 14.6 Å². The van der Waals surface area contributed by atoms with E-state index < -0.39 is 5.91 Å². The van der Waals surface area contributed by atoms with Crippen molar-refractivity contribution in [3.8, 4) is 0 Å². The number of nitrogens with one attached hydrogen (secondary N) is 3. The predicted molar refractivity (Wildman–Crippen MR) is 120 cm³/mol. The molecule has 1 aromatic carbocycles. The zero-order chi connectivity index (χ0) is 22.4. The number of carbonyl (C=O) groups is 2. The largest absolute Gasteiger partial charge is 0.388 e. The van der Waals surface area contributed by atoms with Gasteiger partial charge < -0.3 is 21.7 Å². The maximum atomic E-state index is 10.6. The maximum absolute atomic E-state index is 10.6. The van der Waals surface area contributed by atoms with Gasteiger partial charge in [0, 0.05) is 31.0 Å². The van der Waals surface area contributed by atoms with Crippen LogP contribution in [0.2, 0.25) is 0 Å². The molecule has 0 radical (unpaired) electrons. The summed E-state index contributed by atoms with van der Waals surface area (Å²) in [7, 11) is 3.91. The number of amides is 2. The summed E-state index contributed by atoms with van der Waals surface area (Å²) in [5.41, 5.74) is 8.87. The molecule has 8 nitrogen and oxygen atoms in total. The minimum absolute atomic E-state index is 0.226. The van der Waals surface area contributed by atoms with Gasteiger partial charge in [-0.25, -0.2) is 4.98 Å². The number of carbonyl (C=O) groups excluding carboxylic acids is 2. The van der Waals surface area contributed by atoms with Crippen molar-refractivity contribution >= 4 is 18.0 Å². The van der Waals surface area contributed by atoms with E-state index in [2.05, 4.69) is 38.9 Å². The molecule has 1 heterocycles. The van der Waals surface area contributed by atoms with Crippen LogP contribution in [0.1, 0.15) is 48.4 Å². The van der Waals surface area contributed by atoms with E-state index in [4.69, 9.17) is 5.73 Å². The first-order chi connectivity index (χ1) is 14.4. The second kappa shape index (κ2) is 13.3. The topological polar surface area (TPSA) is 122 Å². The molecule has 1 aliphatic carbocycles. The molecule has 164 valence electrons. The second-order valence-electron chi connectivity index (χ2n) is 7.20. The molecule has 0 saturated heterocycles. The van der Waals surface area contributed by atoms with Gasteiger partial charge in [-0.05, 0) is 57.4 Å². The van der Waals surface area contributed by atoms with Gasteiger partial charge >= 0.3 is 0 Å². The fourth-order valence-corrected chi connectivity index (χ4v) is 2.29. The maximum Gasteiger partial charge on any atom is 0.268 e. The second-order valence-corrected chi connectivity index (χ2v) is 7.20. The summed E-state index contributed by atoms with van der Waals surface area (Å²) < 4.78 is 0. The number of hydrogen-bond acceptors (Lipinski definition) is 6. The minimum Gasteiger partial charge on any atom is -0.388 e. The van der Waals surface area contributed by atoms with E-state index in [1.54, 1.807) is 6.20 Å². The molecule has 1 saturated carbocycles. The lowest BCUT2D eigenvalue weighted by Gasteiger charge is -2.03. The molecule has 0 aliphatic heterocycles. The number of nitrogens with zero attached hydrogens (tertiary/aromatic N) is 2. The SMILES string of the molecule is CCc1cncc(C(N)=O)n1.CNC1(C)CC1.CNc1cccc(CCNC=O)c1. The predicted octanol–water partition coefficient (Wildman–Crippen LogP) is 1.91. The van der Waals surface area contributed by atoms with Crippen LogP contribution in [-0.4, -0.2) is 48.5 Å². The summed E-state index contributed by atoms with van der Waals surface area (Å²) in [5, 5.41) is 8.92.